The van der Waals surface area contributed by atoms with E-state index in [0.717, 1.165) is 4.52 Å². The Bertz CT molecular complexity index is 831. The van der Waals surface area contributed by atoms with Crippen molar-refractivity contribution in [3.8, 4) is 22.9 Å². The summed E-state index contributed by atoms with van der Waals surface area (Å²) in [6, 6.07) is 6.57. The first kappa shape index (κ1) is 13.6. The van der Waals surface area contributed by atoms with Crippen LogP contribution < -0.4 is 4.74 Å². The van der Waals surface area contributed by atoms with Gasteiger partial charge in [0.15, 0.2) is 11.5 Å². The van der Waals surface area contributed by atoms with E-state index in [9.17, 15) is 9.50 Å². The van der Waals surface area contributed by atoms with Crippen LogP contribution in [0.4, 0.5) is 4.39 Å². The van der Waals surface area contributed by atoms with Crippen LogP contribution in [0.2, 0.25) is 5.02 Å². The number of ether oxygens (including phenoxy) is 1. The molecule has 0 atom stereocenters. The van der Waals surface area contributed by atoms with Crippen LogP contribution in [0.3, 0.4) is 0 Å². The summed E-state index contributed by atoms with van der Waals surface area (Å²) in [6.45, 7) is 1.62. The maximum atomic E-state index is 14.5. The molecule has 0 fully saturated rings. The van der Waals surface area contributed by atoms with Crippen LogP contribution in [0, 0.1) is 12.7 Å². The molecule has 7 heteroatoms. The highest BCUT2D eigenvalue weighted by molar-refractivity contribution is 6.30. The van der Waals surface area contributed by atoms with E-state index in [4.69, 9.17) is 16.3 Å². The molecule has 5 nitrogen and oxygen atoms in total. The number of rotatable bonds is 2. The molecule has 0 saturated carbocycles. The van der Waals surface area contributed by atoms with E-state index in [-0.39, 0.29) is 23.0 Å². The molecule has 0 amide bonds. The highest BCUT2D eigenvalue weighted by Gasteiger charge is 2.21. The van der Waals surface area contributed by atoms with Gasteiger partial charge in [-0.15, -0.1) is 0 Å². The van der Waals surface area contributed by atoms with Crippen molar-refractivity contribution in [1.82, 2.24) is 14.6 Å². The molecule has 0 radical (unpaired) electrons. The summed E-state index contributed by atoms with van der Waals surface area (Å²) in [4.78, 5) is 4.08. The largest absolute Gasteiger partial charge is 0.491 e. The maximum absolute atomic E-state index is 14.5. The molecule has 0 aliphatic carbocycles. The van der Waals surface area contributed by atoms with Gasteiger partial charge < -0.3 is 9.84 Å². The number of fused-ring (bicyclic) bond motifs is 1. The zero-order chi connectivity index (χ0) is 15.1. The predicted molar refractivity (Wildman–Crippen MR) is 76.3 cm³/mol. The fourth-order valence-corrected chi connectivity index (χ4v) is 2.26. The molecule has 3 aromatic rings. The van der Waals surface area contributed by atoms with Crippen LogP contribution in [0.25, 0.3) is 16.9 Å². The molecule has 2 heterocycles. The first-order chi connectivity index (χ1) is 10.0. The molecule has 0 spiro atoms. The first-order valence-corrected chi connectivity index (χ1v) is 6.48. The van der Waals surface area contributed by atoms with Crippen molar-refractivity contribution in [2.24, 2.45) is 0 Å². The van der Waals surface area contributed by atoms with Gasteiger partial charge in [-0.05, 0) is 19.1 Å². The fourth-order valence-electron chi connectivity index (χ4n) is 2.13. The summed E-state index contributed by atoms with van der Waals surface area (Å²) >= 11 is 5.81. The monoisotopic (exact) mass is 307 g/mol. The number of hydrogen-bond donors (Lipinski definition) is 1. The van der Waals surface area contributed by atoms with Gasteiger partial charge in [0.1, 0.15) is 5.69 Å². The minimum absolute atomic E-state index is 0.0595. The number of aryl methyl sites for hydroxylation is 1. The molecular weight excluding hydrogens is 297 g/mol. The third-order valence-corrected chi connectivity index (χ3v) is 3.38. The van der Waals surface area contributed by atoms with Gasteiger partial charge in [-0.25, -0.2) is 9.37 Å². The number of nitrogens with zero attached hydrogens (tertiary/aromatic N) is 3. The van der Waals surface area contributed by atoms with E-state index in [1.54, 1.807) is 31.2 Å². The second-order valence-electron chi connectivity index (χ2n) is 4.46. The molecule has 0 bridgehead atoms. The number of benzene rings is 1. The van der Waals surface area contributed by atoms with E-state index in [1.165, 1.54) is 7.11 Å². The Morgan fingerprint density at radius 3 is 2.57 bits per heavy atom. The Kier molecular flexibility index (Phi) is 3.17. The number of hydrogen-bond acceptors (Lipinski definition) is 4. The Morgan fingerprint density at radius 1 is 1.29 bits per heavy atom. The topological polar surface area (TPSA) is 59.7 Å². The average Bonchev–Trinajstić information content (AvgIpc) is 2.78. The zero-order valence-electron chi connectivity index (χ0n) is 11.3. The first-order valence-electron chi connectivity index (χ1n) is 6.10. The standard InChI is InChI=1S/C14H11ClFN3O2/c1-7-12(21-2)14(20)19-13(17-7)10(16)11(18-19)8-3-5-9(15)6-4-8/h3-6,20H,1-2H3. The number of aromatic hydroxyl groups is 1. The summed E-state index contributed by atoms with van der Waals surface area (Å²) in [6.07, 6.45) is 0. The van der Waals surface area contributed by atoms with Crippen LogP contribution in [-0.2, 0) is 0 Å². The van der Waals surface area contributed by atoms with E-state index < -0.39 is 5.82 Å². The van der Waals surface area contributed by atoms with Crippen molar-refractivity contribution in [3.63, 3.8) is 0 Å². The number of aromatic nitrogens is 3. The Balaban J connectivity index is 2.29. The molecule has 1 N–H and O–H groups in total. The van der Waals surface area contributed by atoms with Crippen molar-refractivity contribution in [1.29, 1.82) is 0 Å². The molecule has 0 aliphatic heterocycles. The average molecular weight is 308 g/mol. The smallest absolute Gasteiger partial charge is 0.259 e. The van der Waals surface area contributed by atoms with Crippen LogP contribution in [0.15, 0.2) is 24.3 Å². The van der Waals surface area contributed by atoms with E-state index in [0.29, 0.717) is 16.3 Å². The molecule has 1 aromatic carbocycles. The summed E-state index contributed by atoms with van der Waals surface area (Å²) in [7, 11) is 1.40. The lowest BCUT2D eigenvalue weighted by atomic mass is 10.1. The third-order valence-electron chi connectivity index (χ3n) is 3.13. The van der Waals surface area contributed by atoms with Crippen LogP contribution in [0.5, 0.6) is 11.6 Å². The normalized spacial score (nSPS) is 11.0. The molecule has 108 valence electrons. The van der Waals surface area contributed by atoms with Gasteiger partial charge in [0.05, 0.1) is 12.8 Å². The van der Waals surface area contributed by atoms with Crippen molar-refractivity contribution in [2.75, 3.05) is 7.11 Å². The Morgan fingerprint density at radius 2 is 1.95 bits per heavy atom. The summed E-state index contributed by atoms with van der Waals surface area (Å²) in [5, 5.41) is 14.7. The van der Waals surface area contributed by atoms with Crippen molar-refractivity contribution >= 4 is 17.2 Å². The molecule has 0 saturated heterocycles. The van der Waals surface area contributed by atoms with Gasteiger partial charge in [0.25, 0.3) is 5.88 Å². The highest BCUT2D eigenvalue weighted by Crippen LogP contribution is 2.33. The van der Waals surface area contributed by atoms with Crippen LogP contribution in [0.1, 0.15) is 5.69 Å². The summed E-state index contributed by atoms with van der Waals surface area (Å²) in [5.41, 5.74) is 0.945. The Hall–Kier alpha value is -2.34. The molecule has 3 rings (SSSR count). The number of methoxy groups -OCH3 is 1. The second kappa shape index (κ2) is 4.89. The molecule has 21 heavy (non-hydrogen) atoms. The quantitative estimate of drug-likeness (QED) is 0.790. The molecule has 0 unspecified atom stereocenters. The maximum Gasteiger partial charge on any atom is 0.259 e. The van der Waals surface area contributed by atoms with Crippen molar-refractivity contribution in [2.45, 2.75) is 6.92 Å². The molecule has 2 aromatic heterocycles. The van der Waals surface area contributed by atoms with E-state index in [2.05, 4.69) is 10.1 Å². The van der Waals surface area contributed by atoms with Gasteiger partial charge in [0, 0.05) is 10.6 Å². The minimum atomic E-state index is -0.613. The van der Waals surface area contributed by atoms with Gasteiger partial charge in [-0.1, -0.05) is 23.7 Å². The van der Waals surface area contributed by atoms with Crippen LogP contribution >= 0.6 is 11.6 Å². The Labute approximate surface area is 124 Å². The van der Waals surface area contributed by atoms with Gasteiger partial charge in [-0.3, -0.25) is 0 Å². The van der Waals surface area contributed by atoms with Gasteiger partial charge in [0.2, 0.25) is 5.75 Å². The lowest BCUT2D eigenvalue weighted by Crippen LogP contribution is -1.99. The van der Waals surface area contributed by atoms with Crippen LogP contribution in [-0.4, -0.2) is 26.8 Å². The third kappa shape index (κ3) is 2.08. The van der Waals surface area contributed by atoms with Crippen molar-refractivity contribution in [3.05, 3.63) is 40.8 Å². The van der Waals surface area contributed by atoms with E-state index in [1.807, 2.05) is 0 Å². The minimum Gasteiger partial charge on any atom is -0.491 e. The molecule has 0 aliphatic rings. The zero-order valence-corrected chi connectivity index (χ0v) is 12.0. The van der Waals surface area contributed by atoms with Gasteiger partial charge >= 0.3 is 0 Å². The predicted octanol–water partition coefficient (Wildman–Crippen LogP) is 3.21. The lowest BCUT2D eigenvalue weighted by molar-refractivity contribution is 0.350. The van der Waals surface area contributed by atoms with Gasteiger partial charge in [-0.2, -0.15) is 9.61 Å². The number of halogens is 2. The second-order valence-corrected chi connectivity index (χ2v) is 4.90. The fraction of sp³-hybridized carbons (Fsp3) is 0.143. The molecular formula is C14H11ClFN3O2. The highest BCUT2D eigenvalue weighted by atomic mass is 35.5. The summed E-state index contributed by atoms with van der Waals surface area (Å²) in [5.74, 6) is -0.745. The lowest BCUT2D eigenvalue weighted by Gasteiger charge is -2.06. The summed E-state index contributed by atoms with van der Waals surface area (Å²) < 4.78 is 20.5. The van der Waals surface area contributed by atoms with E-state index >= 15 is 0 Å². The SMILES string of the molecule is COc1c(C)nc2c(F)c(-c3ccc(Cl)cc3)nn2c1O. The van der Waals surface area contributed by atoms with Crippen molar-refractivity contribution < 1.29 is 14.2 Å².